The van der Waals surface area contributed by atoms with Crippen LogP contribution >= 0.6 is 11.8 Å². The number of hydrogen-bond donors (Lipinski definition) is 1. The van der Waals surface area contributed by atoms with Gasteiger partial charge in [0.05, 0.1) is 11.6 Å². The maximum Gasteiger partial charge on any atom is 0.295 e. The smallest absolute Gasteiger partial charge is 0.295 e. The fourth-order valence-corrected chi connectivity index (χ4v) is 3.38. The number of imide groups is 1. The molecule has 0 radical (unpaired) electrons. The number of carbonyl (C=O) groups is 2. The molecule has 0 aliphatic carbocycles. The van der Waals surface area contributed by atoms with Gasteiger partial charge in [-0.3, -0.25) is 14.5 Å². The van der Waals surface area contributed by atoms with Crippen molar-refractivity contribution in [3.05, 3.63) is 69.9 Å². The van der Waals surface area contributed by atoms with Crippen LogP contribution in [0, 0.1) is 19.7 Å². The van der Waals surface area contributed by atoms with Crippen molar-refractivity contribution in [2.45, 2.75) is 13.8 Å². The molecule has 0 spiro atoms. The zero-order chi connectivity index (χ0) is 18.0. The van der Waals surface area contributed by atoms with Crippen LogP contribution in [0.1, 0.15) is 16.7 Å². The predicted octanol–water partition coefficient (Wildman–Crippen LogP) is 4.55. The highest BCUT2D eigenvalue weighted by Crippen LogP contribution is 2.32. The van der Waals surface area contributed by atoms with Gasteiger partial charge in [-0.05, 0) is 49.4 Å². The third-order valence-electron chi connectivity index (χ3n) is 3.87. The lowest BCUT2D eigenvalue weighted by molar-refractivity contribution is -0.122. The van der Waals surface area contributed by atoms with E-state index in [4.69, 9.17) is 0 Å². The van der Waals surface area contributed by atoms with Gasteiger partial charge >= 0.3 is 0 Å². The second-order valence-electron chi connectivity index (χ2n) is 5.78. The number of hydrogen-bond acceptors (Lipinski definition) is 4. The van der Waals surface area contributed by atoms with Crippen molar-refractivity contribution in [3.8, 4) is 0 Å². The number of aryl methyl sites for hydroxylation is 2. The molecule has 1 aliphatic heterocycles. The largest absolute Gasteiger partial charge is 0.367 e. The first kappa shape index (κ1) is 17.2. The fourth-order valence-electron chi connectivity index (χ4n) is 2.55. The van der Waals surface area contributed by atoms with E-state index in [1.54, 1.807) is 18.2 Å². The zero-order valence-corrected chi connectivity index (χ0v) is 14.7. The minimum Gasteiger partial charge on any atom is -0.367 e. The lowest BCUT2D eigenvalue weighted by Gasteiger charge is -2.16. The van der Waals surface area contributed by atoms with Gasteiger partial charge in [0.1, 0.15) is 5.82 Å². The van der Waals surface area contributed by atoms with Crippen LogP contribution in [0.25, 0.3) is 6.08 Å². The van der Waals surface area contributed by atoms with E-state index >= 15 is 0 Å². The van der Waals surface area contributed by atoms with Crippen LogP contribution in [0.15, 0.2) is 47.4 Å². The second-order valence-corrected chi connectivity index (χ2v) is 6.78. The van der Waals surface area contributed by atoms with E-state index in [1.165, 1.54) is 12.1 Å². The second kappa shape index (κ2) is 7.11. The number of nitrogens with zero attached hydrogens (tertiary/aromatic N) is 1. The molecular formula is C19H17FN2O2S. The van der Waals surface area contributed by atoms with Gasteiger partial charge < -0.3 is 5.32 Å². The molecular weight excluding hydrogens is 339 g/mol. The van der Waals surface area contributed by atoms with Crippen molar-refractivity contribution in [1.29, 1.82) is 0 Å². The highest BCUT2D eigenvalue weighted by molar-refractivity contribution is 8.18. The van der Waals surface area contributed by atoms with Crippen LogP contribution in [0.5, 0.6) is 0 Å². The molecule has 6 heteroatoms. The summed E-state index contributed by atoms with van der Waals surface area (Å²) in [6.45, 7) is 4.03. The standard InChI is InChI=1S/C19H17FN2O2S/c1-12-7-8-16(13(2)9-12)21-11-22-18(23)17(25-19(22)24)10-14-5-3-4-6-15(14)20/h3-10,21H,11H2,1-2H3. The molecule has 1 saturated heterocycles. The summed E-state index contributed by atoms with van der Waals surface area (Å²) in [5, 5.41) is 2.74. The predicted molar refractivity (Wildman–Crippen MR) is 98.6 cm³/mol. The molecule has 1 N–H and O–H groups in total. The number of rotatable bonds is 4. The summed E-state index contributed by atoms with van der Waals surface area (Å²) >= 11 is 0.819. The van der Waals surface area contributed by atoms with Crippen molar-refractivity contribution in [1.82, 2.24) is 4.90 Å². The molecule has 1 heterocycles. The highest BCUT2D eigenvalue weighted by atomic mass is 32.2. The number of anilines is 1. The lowest BCUT2D eigenvalue weighted by Crippen LogP contribution is -2.33. The summed E-state index contributed by atoms with van der Waals surface area (Å²) < 4.78 is 13.7. The third kappa shape index (κ3) is 3.74. The molecule has 2 amide bonds. The van der Waals surface area contributed by atoms with E-state index in [-0.39, 0.29) is 22.4 Å². The molecule has 0 bridgehead atoms. The quantitative estimate of drug-likeness (QED) is 0.817. The number of benzene rings is 2. The van der Waals surface area contributed by atoms with Crippen molar-refractivity contribution in [3.63, 3.8) is 0 Å². The zero-order valence-electron chi connectivity index (χ0n) is 13.9. The first-order valence-corrected chi connectivity index (χ1v) is 8.58. The minimum absolute atomic E-state index is 0.0726. The molecule has 0 atom stereocenters. The average molecular weight is 356 g/mol. The van der Waals surface area contributed by atoms with Crippen molar-refractivity contribution in [2.75, 3.05) is 12.0 Å². The molecule has 0 saturated carbocycles. The Hall–Kier alpha value is -2.60. The maximum absolute atomic E-state index is 13.7. The average Bonchev–Trinajstić information content (AvgIpc) is 2.83. The van der Waals surface area contributed by atoms with Crippen molar-refractivity contribution in [2.24, 2.45) is 0 Å². The molecule has 0 aromatic heterocycles. The molecule has 3 rings (SSSR count). The Balaban J connectivity index is 1.74. The first-order valence-electron chi connectivity index (χ1n) is 7.77. The Bertz CT molecular complexity index is 879. The van der Waals surface area contributed by atoms with Crippen LogP contribution in [-0.2, 0) is 4.79 Å². The van der Waals surface area contributed by atoms with Gasteiger partial charge in [-0.25, -0.2) is 4.39 Å². The Labute approximate surface area is 149 Å². The summed E-state index contributed by atoms with van der Waals surface area (Å²) in [5.41, 5.74) is 3.33. The lowest BCUT2D eigenvalue weighted by atomic mass is 10.1. The van der Waals surface area contributed by atoms with Gasteiger partial charge in [0.15, 0.2) is 0 Å². The van der Waals surface area contributed by atoms with E-state index in [0.29, 0.717) is 0 Å². The van der Waals surface area contributed by atoms with Crippen LogP contribution in [-0.4, -0.2) is 22.7 Å². The van der Waals surface area contributed by atoms with Crippen molar-refractivity contribution >= 4 is 34.7 Å². The van der Waals surface area contributed by atoms with E-state index in [2.05, 4.69) is 5.32 Å². The molecule has 0 unspecified atom stereocenters. The SMILES string of the molecule is Cc1ccc(NCN2C(=O)SC(=Cc3ccccc3F)C2=O)c(C)c1. The van der Waals surface area contributed by atoms with Crippen LogP contribution < -0.4 is 5.32 Å². The van der Waals surface area contributed by atoms with Gasteiger partial charge in [-0.15, -0.1) is 0 Å². The normalized spacial score (nSPS) is 16.0. The van der Waals surface area contributed by atoms with E-state index in [1.807, 2.05) is 32.0 Å². The maximum atomic E-state index is 13.7. The monoisotopic (exact) mass is 356 g/mol. The molecule has 2 aromatic carbocycles. The molecule has 4 nitrogen and oxygen atoms in total. The van der Waals surface area contributed by atoms with Crippen LogP contribution in [0.3, 0.4) is 0 Å². The summed E-state index contributed by atoms with van der Waals surface area (Å²) in [7, 11) is 0. The fraction of sp³-hybridized carbons (Fsp3) is 0.158. The van der Waals surface area contributed by atoms with E-state index < -0.39 is 11.7 Å². The molecule has 1 aliphatic rings. The Morgan fingerprint density at radius 1 is 1.16 bits per heavy atom. The summed E-state index contributed by atoms with van der Waals surface area (Å²) in [6.07, 6.45) is 1.41. The Morgan fingerprint density at radius 2 is 1.92 bits per heavy atom. The number of thioether (sulfide) groups is 1. The summed E-state index contributed by atoms with van der Waals surface area (Å²) in [5.74, 6) is -0.849. The number of nitrogens with one attached hydrogen (secondary N) is 1. The minimum atomic E-state index is -0.428. The molecule has 2 aromatic rings. The summed E-state index contributed by atoms with van der Waals surface area (Å²) in [6, 6.07) is 12.0. The first-order chi connectivity index (χ1) is 12.0. The van der Waals surface area contributed by atoms with E-state index in [9.17, 15) is 14.0 Å². The van der Waals surface area contributed by atoms with Gasteiger partial charge in [-0.2, -0.15) is 0 Å². The van der Waals surface area contributed by atoms with Gasteiger partial charge in [-0.1, -0.05) is 35.9 Å². The van der Waals surface area contributed by atoms with Crippen molar-refractivity contribution < 1.29 is 14.0 Å². The topological polar surface area (TPSA) is 49.4 Å². The van der Waals surface area contributed by atoms with Gasteiger partial charge in [0, 0.05) is 11.3 Å². The number of halogens is 1. The highest BCUT2D eigenvalue weighted by Gasteiger charge is 2.35. The molecule has 1 fully saturated rings. The third-order valence-corrected chi connectivity index (χ3v) is 4.78. The van der Waals surface area contributed by atoms with E-state index in [0.717, 1.165) is 33.5 Å². The molecule has 25 heavy (non-hydrogen) atoms. The van der Waals surface area contributed by atoms with Gasteiger partial charge in [0.25, 0.3) is 11.1 Å². The van der Waals surface area contributed by atoms with Crippen LogP contribution in [0.4, 0.5) is 14.9 Å². The number of carbonyl (C=O) groups excluding carboxylic acids is 2. The summed E-state index contributed by atoms with van der Waals surface area (Å²) in [4.78, 5) is 25.9. The van der Waals surface area contributed by atoms with Crippen LogP contribution in [0.2, 0.25) is 0 Å². The number of amides is 2. The Kier molecular flexibility index (Phi) is 4.90. The molecule has 128 valence electrons. The Morgan fingerprint density at radius 3 is 2.64 bits per heavy atom. The van der Waals surface area contributed by atoms with Gasteiger partial charge in [0.2, 0.25) is 0 Å².